The first-order valence-corrected chi connectivity index (χ1v) is 7.76. The van der Waals surface area contributed by atoms with Crippen LogP contribution in [0.2, 0.25) is 0 Å². The van der Waals surface area contributed by atoms with Gasteiger partial charge < -0.3 is 0 Å². The molecule has 0 saturated heterocycles. The highest BCUT2D eigenvalue weighted by atomic mass is 31.1. The monoisotopic (exact) mass is 295 g/mol. The molecule has 0 aliphatic rings. The Morgan fingerprint density at radius 3 is 1.95 bits per heavy atom. The molecule has 0 fully saturated rings. The molecule has 0 amide bonds. The van der Waals surface area contributed by atoms with Gasteiger partial charge in [0, 0.05) is 10.1 Å². The van der Waals surface area contributed by atoms with Gasteiger partial charge in [-0.1, -0.05) is 60.3 Å². The van der Waals surface area contributed by atoms with Gasteiger partial charge in [0.2, 0.25) is 0 Å². The minimum absolute atomic E-state index is 0.118. The minimum Gasteiger partial charge on any atom is -0.229 e. The molecular weight excluding hydrogens is 271 g/mol. The fourth-order valence-electron chi connectivity index (χ4n) is 2.48. The van der Waals surface area contributed by atoms with Crippen molar-refractivity contribution in [2.45, 2.75) is 52.4 Å². The summed E-state index contributed by atoms with van der Waals surface area (Å²) in [6.07, 6.45) is 1.82. The molecule has 110 valence electrons. The van der Waals surface area contributed by atoms with Crippen molar-refractivity contribution >= 4 is 14.3 Å². The fourth-order valence-corrected chi connectivity index (χ4v) is 2.80. The Labute approximate surface area is 122 Å². The lowest BCUT2D eigenvalue weighted by atomic mass is 9.73. The van der Waals surface area contributed by atoms with E-state index in [9.17, 15) is 4.57 Å². The molecule has 0 aromatic heterocycles. The van der Waals surface area contributed by atoms with Crippen LogP contribution in [-0.2, 0) is 15.4 Å². The molecule has 0 spiro atoms. The van der Waals surface area contributed by atoms with Crippen molar-refractivity contribution in [2.75, 3.05) is 0 Å². The zero-order valence-corrected chi connectivity index (χ0v) is 14.0. The first-order valence-electron chi connectivity index (χ1n) is 6.63. The molecule has 0 heterocycles. The molecular formula is C16H24O3P+. The second kappa shape index (κ2) is 5.67. The standard InChI is InChI=1S/C16H23O3P/c1-8-11-9-10-12(19-20(17)18)14(16(5,6)7)13(11)15(2,3)4/h8-10H,1H2,2-7H3/p+1. The summed E-state index contributed by atoms with van der Waals surface area (Å²) in [6.45, 7) is 16.4. The van der Waals surface area contributed by atoms with E-state index >= 15 is 0 Å². The Hall–Kier alpha value is -1.18. The summed E-state index contributed by atoms with van der Waals surface area (Å²) in [5, 5.41) is 0. The number of benzene rings is 1. The predicted molar refractivity (Wildman–Crippen MR) is 84.4 cm³/mol. The van der Waals surface area contributed by atoms with Gasteiger partial charge in [-0.15, -0.1) is 4.89 Å². The molecule has 1 aromatic rings. The van der Waals surface area contributed by atoms with Crippen LogP contribution in [0.3, 0.4) is 0 Å². The van der Waals surface area contributed by atoms with Crippen molar-refractivity contribution in [3.8, 4) is 5.75 Å². The van der Waals surface area contributed by atoms with E-state index in [-0.39, 0.29) is 10.8 Å². The fraction of sp³-hybridized carbons (Fsp3) is 0.500. The molecule has 0 bridgehead atoms. The third-order valence-electron chi connectivity index (χ3n) is 3.10. The molecule has 4 heteroatoms. The van der Waals surface area contributed by atoms with Gasteiger partial charge in [-0.25, -0.2) is 4.52 Å². The van der Waals surface area contributed by atoms with E-state index in [2.05, 4.69) is 48.1 Å². The van der Waals surface area contributed by atoms with Crippen molar-refractivity contribution in [1.82, 2.24) is 0 Å². The van der Waals surface area contributed by atoms with Gasteiger partial charge in [0.15, 0.2) is 5.75 Å². The van der Waals surface area contributed by atoms with Crippen LogP contribution < -0.4 is 4.52 Å². The predicted octanol–water partition coefficient (Wildman–Crippen LogP) is 4.95. The van der Waals surface area contributed by atoms with E-state index in [1.807, 2.05) is 12.1 Å². The molecule has 20 heavy (non-hydrogen) atoms. The summed E-state index contributed by atoms with van der Waals surface area (Å²) >= 11 is 0. The second-order valence-corrected chi connectivity index (χ2v) is 7.59. The lowest BCUT2D eigenvalue weighted by molar-refractivity contribution is 0.401. The molecule has 0 aliphatic heterocycles. The third kappa shape index (κ3) is 3.68. The Balaban J connectivity index is 3.75. The molecule has 0 radical (unpaired) electrons. The third-order valence-corrected chi connectivity index (χ3v) is 3.45. The lowest BCUT2D eigenvalue weighted by Crippen LogP contribution is -2.24. The Morgan fingerprint density at radius 1 is 1.10 bits per heavy atom. The van der Waals surface area contributed by atoms with E-state index in [1.165, 1.54) is 0 Å². The first-order chi connectivity index (χ1) is 8.98. The van der Waals surface area contributed by atoms with E-state index in [4.69, 9.17) is 9.42 Å². The molecule has 1 N–H and O–H groups in total. The van der Waals surface area contributed by atoms with Crippen molar-refractivity contribution in [2.24, 2.45) is 0 Å². The summed E-state index contributed by atoms with van der Waals surface area (Å²) in [5.41, 5.74) is 2.77. The Kier molecular flexibility index (Phi) is 4.78. The number of hydrogen-bond acceptors (Lipinski definition) is 2. The zero-order valence-electron chi connectivity index (χ0n) is 13.2. The summed E-state index contributed by atoms with van der Waals surface area (Å²) in [5.74, 6) is 0.469. The first kappa shape index (κ1) is 16.9. The van der Waals surface area contributed by atoms with E-state index in [0.29, 0.717) is 5.75 Å². The summed E-state index contributed by atoms with van der Waals surface area (Å²) < 4.78 is 16.2. The highest BCUT2D eigenvalue weighted by Crippen LogP contribution is 2.43. The van der Waals surface area contributed by atoms with Crippen LogP contribution in [-0.4, -0.2) is 4.89 Å². The van der Waals surface area contributed by atoms with Gasteiger partial charge in [0.1, 0.15) is 0 Å². The summed E-state index contributed by atoms with van der Waals surface area (Å²) in [6, 6.07) is 3.63. The topological polar surface area (TPSA) is 46.5 Å². The van der Waals surface area contributed by atoms with Crippen molar-refractivity contribution in [3.63, 3.8) is 0 Å². The maximum atomic E-state index is 11.1. The van der Waals surface area contributed by atoms with Gasteiger partial charge >= 0.3 is 8.25 Å². The Bertz CT molecular complexity index is 534. The Morgan fingerprint density at radius 2 is 1.60 bits per heavy atom. The van der Waals surface area contributed by atoms with E-state index in [1.54, 1.807) is 6.07 Å². The highest BCUT2D eigenvalue weighted by molar-refractivity contribution is 7.32. The number of rotatable bonds is 3. The van der Waals surface area contributed by atoms with Gasteiger partial charge in [0.05, 0.1) is 0 Å². The van der Waals surface area contributed by atoms with E-state index in [0.717, 1.165) is 16.7 Å². The van der Waals surface area contributed by atoms with Gasteiger partial charge in [-0.05, 0) is 28.0 Å². The summed E-state index contributed by atoms with van der Waals surface area (Å²) in [7, 11) is -2.68. The maximum absolute atomic E-state index is 11.1. The number of hydrogen-bond donors (Lipinski definition) is 1. The molecule has 0 saturated carbocycles. The minimum atomic E-state index is -2.68. The van der Waals surface area contributed by atoms with Crippen LogP contribution >= 0.6 is 8.25 Å². The van der Waals surface area contributed by atoms with Gasteiger partial charge in [-0.2, -0.15) is 0 Å². The average molecular weight is 295 g/mol. The van der Waals surface area contributed by atoms with E-state index < -0.39 is 8.25 Å². The highest BCUT2D eigenvalue weighted by Gasteiger charge is 2.33. The molecule has 0 aliphatic carbocycles. The molecule has 3 nitrogen and oxygen atoms in total. The van der Waals surface area contributed by atoms with Crippen molar-refractivity contribution in [3.05, 3.63) is 35.4 Å². The van der Waals surface area contributed by atoms with Crippen LogP contribution in [0.1, 0.15) is 58.2 Å². The largest absolute Gasteiger partial charge is 0.747 e. The second-order valence-electron chi connectivity index (χ2n) is 6.94. The molecule has 1 aromatic carbocycles. The molecule has 1 rings (SSSR count). The lowest BCUT2D eigenvalue weighted by Gasteiger charge is -2.32. The zero-order chi connectivity index (χ0) is 15.7. The smallest absolute Gasteiger partial charge is 0.229 e. The van der Waals surface area contributed by atoms with Crippen molar-refractivity contribution < 1.29 is 14.0 Å². The molecule has 1 unspecified atom stereocenters. The SMILES string of the molecule is C=Cc1ccc(O[P+](=O)O)c(C(C)(C)C)c1C(C)(C)C. The van der Waals surface area contributed by atoms with Gasteiger partial charge in [-0.3, -0.25) is 0 Å². The maximum Gasteiger partial charge on any atom is 0.747 e. The van der Waals surface area contributed by atoms with Crippen LogP contribution in [0.15, 0.2) is 18.7 Å². The average Bonchev–Trinajstić information content (AvgIpc) is 2.24. The molecule has 1 atom stereocenters. The van der Waals surface area contributed by atoms with Crippen LogP contribution in [0.5, 0.6) is 5.75 Å². The van der Waals surface area contributed by atoms with Crippen LogP contribution in [0.25, 0.3) is 6.08 Å². The quantitative estimate of drug-likeness (QED) is 0.802. The van der Waals surface area contributed by atoms with Gasteiger partial charge in [0.25, 0.3) is 0 Å². The van der Waals surface area contributed by atoms with Crippen LogP contribution in [0.4, 0.5) is 0 Å². The normalized spacial score (nSPS) is 13.1. The summed E-state index contributed by atoms with van der Waals surface area (Å²) in [4.78, 5) is 9.08. The van der Waals surface area contributed by atoms with Crippen LogP contribution in [0, 0.1) is 0 Å². The van der Waals surface area contributed by atoms with Crippen molar-refractivity contribution in [1.29, 1.82) is 0 Å².